The summed E-state index contributed by atoms with van der Waals surface area (Å²) in [7, 11) is -3.84. The number of hydrogen-bond acceptors (Lipinski definition) is 7. The van der Waals surface area contributed by atoms with Crippen LogP contribution in [0.3, 0.4) is 0 Å². The molecule has 0 radical (unpaired) electrons. The number of anilines is 1. The summed E-state index contributed by atoms with van der Waals surface area (Å²) < 4.78 is 86.9. The number of benzene rings is 1. The Bertz CT molecular complexity index is 1330. The number of rotatable bonds is 5. The standard InChI is InChI=1S/C19H21F2N5O2S.C2HF3O2/c1-13-2-4-15(5-3-13)29(27,28)26-9-7-16-17(24-12-25-18(16)26)23-10-14-6-8-22-11-19(14,20)21;3-2(4,5)1(6)7/h2-5,7,9,12,14,22H,6,8,10-11H2,1H3,(H,23,24,25);(H,6,7)/t14-;/m1./s1. The lowest BCUT2D eigenvalue weighted by Gasteiger charge is -2.32. The maximum atomic E-state index is 14.0. The Morgan fingerprint density at radius 2 is 1.86 bits per heavy atom. The second kappa shape index (κ2) is 10.3. The minimum absolute atomic E-state index is 0.0384. The molecule has 0 spiro atoms. The van der Waals surface area contributed by atoms with E-state index in [0.717, 1.165) is 9.54 Å². The van der Waals surface area contributed by atoms with Gasteiger partial charge >= 0.3 is 12.1 Å². The van der Waals surface area contributed by atoms with Crippen molar-refractivity contribution in [1.82, 2.24) is 19.3 Å². The van der Waals surface area contributed by atoms with Crippen LogP contribution in [0, 0.1) is 12.8 Å². The average Bonchev–Trinajstić information content (AvgIpc) is 3.24. The zero-order valence-electron chi connectivity index (χ0n) is 18.8. The van der Waals surface area contributed by atoms with E-state index in [-0.39, 0.29) is 23.6 Å². The topological polar surface area (TPSA) is 126 Å². The lowest BCUT2D eigenvalue weighted by Crippen LogP contribution is -2.48. The Morgan fingerprint density at radius 1 is 1.22 bits per heavy atom. The molecule has 0 amide bonds. The van der Waals surface area contributed by atoms with E-state index in [4.69, 9.17) is 9.90 Å². The summed E-state index contributed by atoms with van der Waals surface area (Å²) in [6.45, 7) is 2.10. The molecule has 0 unspecified atom stereocenters. The van der Waals surface area contributed by atoms with Crippen LogP contribution in [0.25, 0.3) is 11.0 Å². The van der Waals surface area contributed by atoms with Crippen LogP contribution < -0.4 is 10.6 Å². The highest BCUT2D eigenvalue weighted by atomic mass is 32.2. The van der Waals surface area contributed by atoms with E-state index in [2.05, 4.69) is 20.6 Å². The van der Waals surface area contributed by atoms with Gasteiger partial charge in [0.1, 0.15) is 12.1 Å². The largest absolute Gasteiger partial charge is 0.490 e. The number of carbonyl (C=O) groups is 1. The summed E-state index contributed by atoms with van der Waals surface area (Å²) in [5.41, 5.74) is 1.14. The molecule has 15 heteroatoms. The van der Waals surface area contributed by atoms with Gasteiger partial charge in [-0.2, -0.15) is 13.2 Å². The quantitative estimate of drug-likeness (QED) is 0.425. The summed E-state index contributed by atoms with van der Waals surface area (Å²) in [6, 6.07) is 8.09. The van der Waals surface area contributed by atoms with Crippen LogP contribution in [-0.2, 0) is 14.8 Å². The number of aromatic nitrogens is 3. The van der Waals surface area contributed by atoms with E-state index in [1.807, 2.05) is 6.92 Å². The monoisotopic (exact) mass is 535 g/mol. The summed E-state index contributed by atoms with van der Waals surface area (Å²) in [5.74, 6) is -6.06. The Hall–Kier alpha value is -3.33. The van der Waals surface area contributed by atoms with Crippen molar-refractivity contribution >= 4 is 32.8 Å². The highest BCUT2D eigenvalue weighted by Crippen LogP contribution is 2.31. The first-order valence-corrected chi connectivity index (χ1v) is 11.9. The maximum Gasteiger partial charge on any atom is 0.490 e. The van der Waals surface area contributed by atoms with Crippen LogP contribution in [0.1, 0.15) is 12.0 Å². The molecule has 4 rings (SSSR count). The molecule has 0 bridgehead atoms. The van der Waals surface area contributed by atoms with Gasteiger partial charge in [0.25, 0.3) is 15.9 Å². The minimum Gasteiger partial charge on any atom is -0.475 e. The van der Waals surface area contributed by atoms with Crippen LogP contribution in [-0.4, -0.2) is 65.2 Å². The molecule has 3 heterocycles. The molecule has 1 aliphatic heterocycles. The van der Waals surface area contributed by atoms with E-state index in [1.165, 1.54) is 24.7 Å². The number of aliphatic carboxylic acids is 1. The molecule has 1 aromatic carbocycles. The zero-order chi connectivity index (χ0) is 26.7. The normalized spacial score (nSPS) is 17.8. The first-order chi connectivity index (χ1) is 16.7. The second-order valence-corrected chi connectivity index (χ2v) is 9.81. The Balaban J connectivity index is 0.000000454. The van der Waals surface area contributed by atoms with Gasteiger partial charge in [0.05, 0.1) is 16.8 Å². The SMILES string of the molecule is Cc1ccc(S(=O)(=O)n2ccc3c(NC[C@H]4CCNCC4(F)F)ncnc32)cc1.O=C(O)C(F)(F)F. The van der Waals surface area contributed by atoms with Gasteiger partial charge in [-0.1, -0.05) is 17.7 Å². The predicted molar refractivity (Wildman–Crippen MR) is 119 cm³/mol. The van der Waals surface area contributed by atoms with Gasteiger partial charge in [0.2, 0.25) is 0 Å². The number of alkyl halides is 5. The van der Waals surface area contributed by atoms with Gasteiger partial charge in [0.15, 0.2) is 5.65 Å². The molecule has 1 atom stereocenters. The molecule has 1 aliphatic rings. The van der Waals surface area contributed by atoms with Gasteiger partial charge in [-0.05, 0) is 38.1 Å². The van der Waals surface area contributed by atoms with Crippen molar-refractivity contribution in [3.05, 3.63) is 48.4 Å². The molecule has 1 saturated heterocycles. The van der Waals surface area contributed by atoms with E-state index in [0.29, 0.717) is 24.2 Å². The van der Waals surface area contributed by atoms with E-state index < -0.39 is 34.0 Å². The molecule has 0 saturated carbocycles. The first kappa shape index (κ1) is 27.3. The van der Waals surface area contributed by atoms with Gasteiger partial charge in [-0.15, -0.1) is 0 Å². The first-order valence-electron chi connectivity index (χ1n) is 10.5. The third-order valence-electron chi connectivity index (χ3n) is 5.41. The van der Waals surface area contributed by atoms with E-state index in [9.17, 15) is 30.4 Å². The summed E-state index contributed by atoms with van der Waals surface area (Å²) in [6.07, 6.45) is -2.11. The molecule has 3 aromatic rings. The van der Waals surface area contributed by atoms with Gasteiger partial charge < -0.3 is 15.7 Å². The molecular formula is C21H22F5N5O4S. The predicted octanol–water partition coefficient (Wildman–Crippen LogP) is 3.27. The number of aryl methyl sites for hydroxylation is 1. The molecule has 2 aromatic heterocycles. The van der Waals surface area contributed by atoms with Crippen LogP contribution >= 0.6 is 0 Å². The summed E-state index contributed by atoms with van der Waals surface area (Å²) in [4.78, 5) is 17.3. The molecule has 36 heavy (non-hydrogen) atoms. The Morgan fingerprint density at radius 3 is 2.44 bits per heavy atom. The molecule has 1 fully saturated rings. The summed E-state index contributed by atoms with van der Waals surface area (Å²) in [5, 5.41) is 13.2. The third kappa shape index (κ3) is 6.07. The highest BCUT2D eigenvalue weighted by Gasteiger charge is 2.41. The van der Waals surface area contributed by atoms with Crippen molar-refractivity contribution in [2.45, 2.75) is 30.3 Å². The molecule has 0 aliphatic carbocycles. The second-order valence-electron chi connectivity index (χ2n) is 8.00. The van der Waals surface area contributed by atoms with Crippen LogP contribution in [0.5, 0.6) is 0 Å². The Kier molecular flexibility index (Phi) is 7.83. The summed E-state index contributed by atoms with van der Waals surface area (Å²) >= 11 is 0. The fourth-order valence-corrected chi connectivity index (χ4v) is 4.75. The maximum absolute atomic E-state index is 14.0. The van der Waals surface area contributed by atoms with Crippen molar-refractivity contribution in [1.29, 1.82) is 0 Å². The third-order valence-corrected chi connectivity index (χ3v) is 7.09. The number of carboxylic acid groups (broad SMARTS) is 1. The number of fused-ring (bicyclic) bond motifs is 1. The zero-order valence-corrected chi connectivity index (χ0v) is 19.6. The number of piperidine rings is 1. The highest BCUT2D eigenvalue weighted by molar-refractivity contribution is 7.90. The fourth-order valence-electron chi connectivity index (χ4n) is 3.44. The number of carboxylic acids is 1. The van der Waals surface area contributed by atoms with E-state index in [1.54, 1.807) is 18.2 Å². The lowest BCUT2D eigenvalue weighted by atomic mass is 9.94. The average molecular weight is 535 g/mol. The van der Waals surface area contributed by atoms with Gasteiger partial charge in [0, 0.05) is 18.7 Å². The van der Waals surface area contributed by atoms with E-state index >= 15 is 0 Å². The molecule has 9 nitrogen and oxygen atoms in total. The molecule has 196 valence electrons. The van der Waals surface area contributed by atoms with Crippen LogP contribution in [0.2, 0.25) is 0 Å². The number of nitrogens with one attached hydrogen (secondary N) is 2. The van der Waals surface area contributed by atoms with Gasteiger partial charge in [-0.3, -0.25) is 0 Å². The smallest absolute Gasteiger partial charge is 0.475 e. The lowest BCUT2D eigenvalue weighted by molar-refractivity contribution is -0.192. The van der Waals surface area contributed by atoms with Gasteiger partial charge in [-0.25, -0.2) is 35.9 Å². The van der Waals surface area contributed by atoms with Crippen molar-refractivity contribution < 1.29 is 40.3 Å². The number of halogens is 5. The molecular weight excluding hydrogens is 513 g/mol. The number of nitrogens with zero attached hydrogens (tertiary/aromatic N) is 3. The fraction of sp³-hybridized carbons (Fsp3) is 0.381. The minimum atomic E-state index is -5.08. The van der Waals surface area contributed by atoms with Crippen LogP contribution in [0.15, 0.2) is 47.8 Å². The van der Waals surface area contributed by atoms with Crippen molar-refractivity contribution in [2.24, 2.45) is 5.92 Å². The molecule has 3 N–H and O–H groups in total. The van der Waals surface area contributed by atoms with Crippen molar-refractivity contribution in [3.63, 3.8) is 0 Å². The van der Waals surface area contributed by atoms with Crippen molar-refractivity contribution in [3.8, 4) is 0 Å². The van der Waals surface area contributed by atoms with Crippen LogP contribution in [0.4, 0.5) is 27.8 Å². The number of hydrogen-bond donors (Lipinski definition) is 3. The Labute approximate surface area is 202 Å². The van der Waals surface area contributed by atoms with Crippen molar-refractivity contribution in [2.75, 3.05) is 25.0 Å².